The quantitative estimate of drug-likeness (QED) is 0.375. The van der Waals surface area contributed by atoms with Gasteiger partial charge < -0.3 is 44.7 Å². The van der Waals surface area contributed by atoms with Crippen molar-refractivity contribution in [3.05, 3.63) is 0 Å². The molecule has 22 heavy (non-hydrogen) atoms. The van der Waals surface area contributed by atoms with Gasteiger partial charge in [-0.1, -0.05) is 0 Å². The minimum absolute atomic E-state index is 0. The van der Waals surface area contributed by atoms with Crippen molar-refractivity contribution in [3.63, 3.8) is 0 Å². The van der Waals surface area contributed by atoms with Crippen LogP contribution in [0.1, 0.15) is 34.6 Å². The summed E-state index contributed by atoms with van der Waals surface area (Å²) in [6.45, 7) is 4.97. The van der Waals surface area contributed by atoms with Gasteiger partial charge in [-0.25, -0.2) is 0 Å². The van der Waals surface area contributed by atoms with E-state index in [2.05, 4.69) is 0 Å². The van der Waals surface area contributed by atoms with Gasteiger partial charge in [-0.05, 0) is 27.7 Å². The number of hydrogen-bond acceptors (Lipinski definition) is 9. The number of carboxylic acids is 5. The third-order valence-corrected chi connectivity index (χ3v) is 0. The van der Waals surface area contributed by atoms with Crippen LogP contribution in [0.25, 0.3) is 0 Å². The van der Waals surface area contributed by atoms with Crippen molar-refractivity contribution in [1.82, 2.24) is 0 Å². The molecule has 0 aromatic heterocycles. The van der Waals surface area contributed by atoms with Crippen LogP contribution in [0.3, 0.4) is 0 Å². The van der Waals surface area contributed by atoms with Gasteiger partial charge in [0.25, 0.3) is 5.97 Å². The van der Waals surface area contributed by atoms with Crippen LogP contribution < -0.4 is 20.4 Å². The molecular weight excluding hydrogens is 397 g/mol. The van der Waals surface area contributed by atoms with Crippen molar-refractivity contribution < 1.29 is 82.5 Å². The first-order valence-electron chi connectivity index (χ1n) is 4.56. The van der Waals surface area contributed by atoms with Crippen molar-refractivity contribution in [2.75, 3.05) is 0 Å². The Morgan fingerprint density at radius 2 is 0.545 bits per heavy atom. The zero-order valence-corrected chi connectivity index (χ0v) is 14.2. The Hall–Kier alpha value is -1.66. The maximum atomic E-state index is 9.00. The zero-order valence-electron chi connectivity index (χ0n) is 12.3. The van der Waals surface area contributed by atoms with E-state index < -0.39 is 29.8 Å². The Labute approximate surface area is 147 Å². The van der Waals surface area contributed by atoms with Crippen LogP contribution >= 0.6 is 0 Å². The van der Waals surface area contributed by atoms with Gasteiger partial charge >= 0.3 is 33.0 Å². The Balaban J connectivity index is -0.0000000250. The molecule has 0 bridgehead atoms. The summed E-state index contributed by atoms with van der Waals surface area (Å²) in [4.78, 5) is 44.6. The van der Waals surface area contributed by atoms with Gasteiger partial charge in [0.05, 0.1) is 0 Å². The maximum Gasteiger partial charge on any atom is 2.00 e. The minimum Gasteiger partial charge on any atom is -0.550 e. The third kappa shape index (κ3) is 1990. The van der Waals surface area contributed by atoms with Gasteiger partial charge in [0.1, 0.15) is 0 Å². The SMILES string of the molecule is CC(=O)O.CC(=O)[O-].CC(=O)[O-].CC(=O)[O-].CC(=O)[O-].[Ni+2].[Ni+2]. The average molecular weight is 414 g/mol. The molecule has 0 atom stereocenters. The first-order valence-corrected chi connectivity index (χ1v) is 4.56. The summed E-state index contributed by atoms with van der Waals surface area (Å²) >= 11 is 0. The van der Waals surface area contributed by atoms with Crippen LogP contribution in [-0.4, -0.2) is 35.0 Å². The number of carboxylic acid groups (broad SMARTS) is 5. The molecule has 0 rings (SSSR count). The molecule has 0 spiro atoms. The minimum atomic E-state index is -1.08. The monoisotopic (exact) mass is 412 g/mol. The number of aliphatic carboxylic acids is 5. The summed E-state index contributed by atoms with van der Waals surface area (Å²) in [6.07, 6.45) is 0. The van der Waals surface area contributed by atoms with Crippen molar-refractivity contribution in [2.45, 2.75) is 34.6 Å². The van der Waals surface area contributed by atoms with E-state index in [4.69, 9.17) is 49.5 Å². The number of rotatable bonds is 0. The molecule has 12 heteroatoms. The standard InChI is InChI=1S/5C2H4O2.2Ni/c5*1-2(3)4;;/h5*1H3,(H,3,4);;/q;;;;;2*+2/p-4. The van der Waals surface area contributed by atoms with Crippen LogP contribution in [0.5, 0.6) is 0 Å². The normalized spacial score (nSPS) is 5.68. The topological polar surface area (TPSA) is 198 Å². The van der Waals surface area contributed by atoms with Crippen molar-refractivity contribution in [3.8, 4) is 0 Å². The average Bonchev–Trinajstić information content (AvgIpc) is 1.94. The molecule has 0 aromatic carbocycles. The molecule has 0 aliphatic rings. The molecule has 0 aliphatic heterocycles. The first kappa shape index (κ1) is 42.8. The fourth-order valence-corrected chi connectivity index (χ4v) is 0. The Bertz CT molecular complexity index is 214. The Morgan fingerprint density at radius 1 is 0.545 bits per heavy atom. The van der Waals surface area contributed by atoms with Crippen molar-refractivity contribution >= 4 is 29.8 Å². The molecule has 0 aliphatic carbocycles. The summed E-state index contributed by atoms with van der Waals surface area (Å²) in [5.74, 6) is -5.17. The van der Waals surface area contributed by atoms with Gasteiger partial charge in [-0.3, -0.25) is 4.79 Å². The van der Waals surface area contributed by atoms with E-state index in [0.29, 0.717) is 0 Å². The molecule has 0 saturated heterocycles. The molecular formula is C10H16Ni2O10. The fraction of sp³-hybridized carbons (Fsp3) is 0.500. The second-order valence-electron chi connectivity index (χ2n) is 2.49. The molecule has 0 heterocycles. The van der Waals surface area contributed by atoms with E-state index in [0.717, 1.165) is 34.6 Å². The van der Waals surface area contributed by atoms with E-state index in [1.165, 1.54) is 0 Å². The first-order chi connectivity index (χ1) is 8.66. The summed E-state index contributed by atoms with van der Waals surface area (Å²) < 4.78 is 0. The molecule has 0 unspecified atom stereocenters. The molecule has 0 radical (unpaired) electrons. The van der Waals surface area contributed by atoms with Crippen LogP contribution in [0.4, 0.5) is 0 Å². The van der Waals surface area contributed by atoms with Crippen LogP contribution in [0.2, 0.25) is 0 Å². The smallest absolute Gasteiger partial charge is 0.550 e. The van der Waals surface area contributed by atoms with Crippen LogP contribution in [-0.2, 0) is 57.0 Å². The van der Waals surface area contributed by atoms with Crippen LogP contribution in [0.15, 0.2) is 0 Å². The molecule has 0 fully saturated rings. The Morgan fingerprint density at radius 3 is 0.545 bits per heavy atom. The van der Waals surface area contributed by atoms with E-state index in [9.17, 15) is 0 Å². The molecule has 0 saturated carbocycles. The molecule has 1 N–H and O–H groups in total. The second kappa shape index (κ2) is 36.6. The molecule has 0 amide bonds. The molecule has 136 valence electrons. The van der Waals surface area contributed by atoms with Gasteiger partial charge in [-0.15, -0.1) is 0 Å². The largest absolute Gasteiger partial charge is 2.00 e. The number of hydrogen-bond donors (Lipinski definition) is 1. The van der Waals surface area contributed by atoms with Gasteiger partial charge in [0, 0.05) is 30.8 Å². The summed E-state index contributed by atoms with van der Waals surface area (Å²) in [5.41, 5.74) is 0. The van der Waals surface area contributed by atoms with E-state index in [1.807, 2.05) is 0 Å². The van der Waals surface area contributed by atoms with Gasteiger partial charge in [0.2, 0.25) is 0 Å². The zero-order chi connectivity index (χ0) is 17.9. The van der Waals surface area contributed by atoms with E-state index >= 15 is 0 Å². The van der Waals surface area contributed by atoms with Gasteiger partial charge in [0.15, 0.2) is 0 Å². The predicted molar refractivity (Wildman–Crippen MR) is 56.0 cm³/mol. The van der Waals surface area contributed by atoms with Crippen molar-refractivity contribution in [2.24, 2.45) is 0 Å². The van der Waals surface area contributed by atoms with E-state index in [1.54, 1.807) is 0 Å². The summed E-state index contributed by atoms with van der Waals surface area (Å²) in [6, 6.07) is 0. The van der Waals surface area contributed by atoms with Crippen molar-refractivity contribution in [1.29, 1.82) is 0 Å². The molecule has 10 nitrogen and oxygen atoms in total. The maximum absolute atomic E-state index is 9.00. The predicted octanol–water partition coefficient (Wildman–Crippen LogP) is -4.89. The fourth-order valence-electron chi connectivity index (χ4n) is 0. The third-order valence-electron chi connectivity index (χ3n) is 0. The van der Waals surface area contributed by atoms with Gasteiger partial charge in [-0.2, -0.15) is 0 Å². The molecule has 0 aromatic rings. The van der Waals surface area contributed by atoms with Crippen LogP contribution in [0, 0.1) is 0 Å². The Kier molecular flexibility index (Phi) is 71.0. The van der Waals surface area contributed by atoms with E-state index in [-0.39, 0.29) is 33.0 Å². The number of carbonyl (C=O) groups excluding carboxylic acids is 4. The summed E-state index contributed by atoms with van der Waals surface area (Å²) in [5, 5.41) is 43.0. The number of carbonyl (C=O) groups is 5. The summed E-state index contributed by atoms with van der Waals surface area (Å²) in [7, 11) is 0. The second-order valence-corrected chi connectivity index (χ2v) is 2.49.